The first-order chi connectivity index (χ1) is 12.3. The number of azo groups is 1. The summed E-state index contributed by atoms with van der Waals surface area (Å²) in [5.41, 5.74) is -0.363. The number of amides is 1. The van der Waals surface area contributed by atoms with Gasteiger partial charge in [-0.1, -0.05) is 41.4 Å². The lowest BCUT2D eigenvalue weighted by Gasteiger charge is -2.11. The fourth-order valence-electron chi connectivity index (χ4n) is 2.27. The molecule has 2 aromatic rings. The van der Waals surface area contributed by atoms with E-state index in [2.05, 4.69) is 21.8 Å². The van der Waals surface area contributed by atoms with Crippen LogP contribution in [0.15, 0.2) is 52.1 Å². The van der Waals surface area contributed by atoms with Gasteiger partial charge in [0.15, 0.2) is 0 Å². The van der Waals surface area contributed by atoms with Crippen LogP contribution in [0.4, 0.5) is 0 Å². The summed E-state index contributed by atoms with van der Waals surface area (Å²) in [6.45, 7) is 3.34. The fourth-order valence-corrected chi connectivity index (χ4v) is 3.25. The number of hydrogen-bond donors (Lipinski definition) is 2. The first-order valence-corrected chi connectivity index (χ1v) is 8.08. The highest BCUT2D eigenvalue weighted by Gasteiger charge is 2.29. The van der Waals surface area contributed by atoms with Crippen LogP contribution < -0.4 is 10.6 Å². The molecule has 1 aliphatic heterocycles. The Morgan fingerprint density at radius 2 is 1.88 bits per heavy atom. The molecule has 8 nitrogen and oxygen atoms in total. The molecule has 26 heavy (non-hydrogen) atoms. The predicted octanol–water partition coefficient (Wildman–Crippen LogP) is 1.83. The Morgan fingerprint density at radius 3 is 2.50 bits per heavy atom. The standard InChI is InChI=1S/C15H8Cl3N5O3/c1-2-12(24)20-15-8(6-19-21-15)11-5-13(25)22(23(11)26)14-9(17)3-7(16)4-10(14)18/h2-6,26H,1H2/p+1. The number of aromatic nitrogens is 2. The van der Waals surface area contributed by atoms with Crippen molar-refractivity contribution in [3.63, 3.8) is 0 Å². The van der Waals surface area contributed by atoms with Gasteiger partial charge in [0.2, 0.25) is 0 Å². The predicted molar refractivity (Wildman–Crippen MR) is 96.3 cm³/mol. The Bertz CT molecular complexity index is 1070. The Hall–Kier alpha value is -2.68. The Balaban J connectivity index is 2.17. The second-order valence-corrected chi connectivity index (χ2v) is 6.24. The van der Waals surface area contributed by atoms with Crippen LogP contribution in [-0.4, -0.2) is 26.5 Å². The van der Waals surface area contributed by atoms with Crippen LogP contribution in [0.5, 0.6) is 0 Å². The van der Waals surface area contributed by atoms with Gasteiger partial charge in [-0.2, -0.15) is 4.68 Å². The number of benzene rings is 1. The van der Waals surface area contributed by atoms with Crippen LogP contribution >= 0.6 is 34.8 Å². The van der Waals surface area contributed by atoms with Gasteiger partial charge < -0.3 is 5.21 Å². The van der Waals surface area contributed by atoms with E-state index in [1.165, 1.54) is 18.3 Å². The van der Waals surface area contributed by atoms with Crippen LogP contribution in [0.2, 0.25) is 15.1 Å². The van der Waals surface area contributed by atoms with Crippen molar-refractivity contribution in [2.24, 2.45) is 10.2 Å². The number of carbonyl (C=O) groups is 1. The van der Waals surface area contributed by atoms with Crippen molar-refractivity contribution in [3.05, 3.63) is 68.2 Å². The first kappa shape index (κ1) is 18.1. The van der Waals surface area contributed by atoms with Crippen molar-refractivity contribution in [1.29, 1.82) is 0 Å². The van der Waals surface area contributed by atoms with Crippen molar-refractivity contribution in [2.45, 2.75) is 0 Å². The average molecular weight is 414 g/mol. The normalized spacial score (nSPS) is 14.7. The second-order valence-electron chi connectivity index (χ2n) is 4.99. The van der Waals surface area contributed by atoms with Crippen LogP contribution in [0.3, 0.4) is 0 Å². The third kappa shape index (κ3) is 3.10. The van der Waals surface area contributed by atoms with E-state index in [1.807, 2.05) is 0 Å². The number of amidine groups is 1. The summed E-state index contributed by atoms with van der Waals surface area (Å²) < 4.78 is 0.850. The molecule has 11 heteroatoms. The third-order valence-corrected chi connectivity index (χ3v) is 4.16. The van der Waals surface area contributed by atoms with E-state index < -0.39 is 11.5 Å². The second kappa shape index (κ2) is 6.91. The highest BCUT2D eigenvalue weighted by molar-refractivity contribution is 6.40. The van der Waals surface area contributed by atoms with Crippen molar-refractivity contribution in [1.82, 2.24) is 9.53 Å². The first-order valence-electron chi connectivity index (χ1n) is 6.95. The molecule has 0 aliphatic carbocycles. The molecule has 0 radical (unpaired) electrons. The Labute approximate surface area is 160 Å². The van der Waals surface area contributed by atoms with Gasteiger partial charge in [-0.3, -0.25) is 4.79 Å². The molecule has 0 unspecified atom stereocenters. The molecule has 2 N–H and O–H groups in total. The summed E-state index contributed by atoms with van der Waals surface area (Å²) in [6, 6.07) is 3.87. The van der Waals surface area contributed by atoms with Gasteiger partial charge in [0, 0.05) is 17.2 Å². The molecule has 1 amide bonds. The van der Waals surface area contributed by atoms with Crippen molar-refractivity contribution in [2.75, 3.05) is 0 Å². The zero-order valence-corrected chi connectivity index (χ0v) is 15.0. The van der Waals surface area contributed by atoms with Gasteiger partial charge in [0.05, 0.1) is 21.4 Å². The number of nitrogens with one attached hydrogen (secondary N) is 1. The average Bonchev–Trinajstić information content (AvgIpc) is 3.12. The van der Waals surface area contributed by atoms with E-state index in [0.717, 1.165) is 16.8 Å². The molecule has 3 rings (SSSR count). The highest BCUT2D eigenvalue weighted by atomic mass is 35.5. The van der Waals surface area contributed by atoms with Crippen molar-refractivity contribution in [3.8, 4) is 5.69 Å². The van der Waals surface area contributed by atoms with Crippen molar-refractivity contribution >= 4 is 52.1 Å². The SMILES string of the molecule is C=CC(=O)[NH+]=C1N=NC=C1c1cc(=O)n(-c2c(Cl)cc(Cl)cc2Cl)n1O. The molecule has 132 valence electrons. The lowest BCUT2D eigenvalue weighted by Crippen LogP contribution is -2.76. The quantitative estimate of drug-likeness (QED) is 0.593. The van der Waals surface area contributed by atoms with Gasteiger partial charge in [0.1, 0.15) is 17.0 Å². The maximum absolute atomic E-state index is 12.4. The molecule has 0 saturated carbocycles. The molecular formula is C15H9Cl3N5O3+. The van der Waals surface area contributed by atoms with Crippen LogP contribution in [0.25, 0.3) is 11.3 Å². The molecule has 2 heterocycles. The van der Waals surface area contributed by atoms with Crippen LogP contribution in [0, 0.1) is 0 Å². The fraction of sp³-hybridized carbons (Fsp3) is 0. The van der Waals surface area contributed by atoms with Crippen molar-refractivity contribution < 1.29 is 15.0 Å². The molecule has 1 aromatic carbocycles. The summed E-state index contributed by atoms with van der Waals surface area (Å²) in [5.74, 6) is -0.482. The number of carbonyl (C=O) groups excluding carboxylic acids is 1. The number of rotatable bonds is 3. The molecule has 0 atom stereocenters. The molecular weight excluding hydrogens is 405 g/mol. The van der Waals surface area contributed by atoms with E-state index in [-0.39, 0.29) is 37.9 Å². The minimum absolute atomic E-state index is 0.0152. The van der Waals surface area contributed by atoms with E-state index in [4.69, 9.17) is 34.8 Å². The zero-order valence-electron chi connectivity index (χ0n) is 12.8. The number of hydrogen-bond acceptors (Lipinski definition) is 4. The van der Waals surface area contributed by atoms with E-state index in [1.54, 1.807) is 0 Å². The maximum Gasteiger partial charge on any atom is 0.362 e. The summed E-state index contributed by atoms with van der Waals surface area (Å²) >= 11 is 18.1. The lowest BCUT2D eigenvalue weighted by atomic mass is 10.2. The molecule has 0 spiro atoms. The summed E-state index contributed by atoms with van der Waals surface area (Å²) in [4.78, 5) is 26.9. The van der Waals surface area contributed by atoms with E-state index in [0.29, 0.717) is 4.85 Å². The van der Waals surface area contributed by atoms with Gasteiger partial charge in [-0.25, -0.2) is 9.79 Å². The third-order valence-electron chi connectivity index (χ3n) is 3.37. The monoisotopic (exact) mass is 412 g/mol. The lowest BCUT2D eigenvalue weighted by molar-refractivity contribution is -0.370. The van der Waals surface area contributed by atoms with Gasteiger partial charge in [0.25, 0.3) is 5.56 Å². The molecule has 0 bridgehead atoms. The molecule has 0 fully saturated rings. The van der Waals surface area contributed by atoms with Gasteiger partial charge in [-0.05, 0) is 17.2 Å². The number of halogens is 3. The van der Waals surface area contributed by atoms with E-state index in [9.17, 15) is 14.8 Å². The smallest absolute Gasteiger partial charge is 0.362 e. The highest BCUT2D eigenvalue weighted by Crippen LogP contribution is 2.32. The minimum atomic E-state index is -0.629. The van der Waals surface area contributed by atoms with E-state index >= 15 is 0 Å². The topological polar surface area (TPSA) is 103 Å². The summed E-state index contributed by atoms with van der Waals surface area (Å²) in [5, 5.41) is 18.3. The number of nitrogens with zero attached hydrogens (tertiary/aromatic N) is 4. The largest absolute Gasteiger partial charge is 0.412 e. The molecule has 1 aromatic heterocycles. The Morgan fingerprint density at radius 1 is 1.23 bits per heavy atom. The maximum atomic E-state index is 12.4. The molecule has 0 saturated heterocycles. The summed E-state index contributed by atoms with van der Waals surface area (Å²) in [6.07, 6.45) is 2.32. The van der Waals surface area contributed by atoms with Crippen LogP contribution in [0.1, 0.15) is 5.69 Å². The van der Waals surface area contributed by atoms with Crippen LogP contribution in [-0.2, 0) is 4.79 Å². The van der Waals surface area contributed by atoms with Gasteiger partial charge in [-0.15, -0.1) is 4.85 Å². The molecule has 1 aliphatic rings. The Kier molecular flexibility index (Phi) is 4.82. The van der Waals surface area contributed by atoms with Gasteiger partial charge >= 0.3 is 11.7 Å². The zero-order chi connectivity index (χ0) is 19.0. The minimum Gasteiger partial charge on any atom is -0.412 e. The summed E-state index contributed by atoms with van der Waals surface area (Å²) in [7, 11) is 0.